The van der Waals surface area contributed by atoms with Crippen LogP contribution in [0, 0.1) is 13.8 Å². The first-order valence-corrected chi connectivity index (χ1v) is 10.3. The van der Waals surface area contributed by atoms with E-state index in [2.05, 4.69) is 102 Å². The van der Waals surface area contributed by atoms with Gasteiger partial charge in [-0.05, 0) is 61.2 Å². The highest BCUT2D eigenvalue weighted by atomic mass is 15.0. The van der Waals surface area contributed by atoms with Gasteiger partial charge in [0.25, 0.3) is 0 Å². The third kappa shape index (κ3) is 4.87. The first-order chi connectivity index (χ1) is 14.7. The molecule has 3 aromatic carbocycles. The first-order valence-electron chi connectivity index (χ1n) is 10.3. The van der Waals surface area contributed by atoms with Crippen molar-refractivity contribution in [1.82, 2.24) is 4.98 Å². The highest BCUT2D eigenvalue weighted by molar-refractivity contribution is 5.80. The molecule has 1 aromatic heterocycles. The largest absolute Gasteiger partial charge is 0.376 e. The van der Waals surface area contributed by atoms with Crippen LogP contribution in [0.4, 0.5) is 11.4 Å². The second-order valence-electron chi connectivity index (χ2n) is 7.62. The Morgan fingerprint density at radius 2 is 1.50 bits per heavy atom. The summed E-state index contributed by atoms with van der Waals surface area (Å²) in [5.41, 5.74) is 8.00. The lowest BCUT2D eigenvalue weighted by molar-refractivity contribution is 0.751. The van der Waals surface area contributed by atoms with Crippen molar-refractivity contribution in [2.24, 2.45) is 4.99 Å². The third-order valence-corrected chi connectivity index (χ3v) is 5.32. The van der Waals surface area contributed by atoms with Gasteiger partial charge in [-0.3, -0.25) is 4.99 Å². The minimum atomic E-state index is 0.133. The fraction of sp³-hybridized carbons (Fsp3) is 0.148. The van der Waals surface area contributed by atoms with Crippen LogP contribution in [0.1, 0.15) is 34.1 Å². The maximum atomic E-state index is 4.65. The van der Waals surface area contributed by atoms with Crippen LogP contribution in [-0.2, 0) is 6.42 Å². The van der Waals surface area contributed by atoms with E-state index < -0.39 is 0 Å². The maximum absolute atomic E-state index is 4.65. The first kappa shape index (κ1) is 19.7. The van der Waals surface area contributed by atoms with Crippen molar-refractivity contribution < 1.29 is 0 Å². The molecule has 1 heterocycles. The van der Waals surface area contributed by atoms with Crippen molar-refractivity contribution >= 4 is 17.6 Å². The summed E-state index contributed by atoms with van der Waals surface area (Å²) < 4.78 is 0. The summed E-state index contributed by atoms with van der Waals surface area (Å²) in [6.45, 7) is 4.21. The van der Waals surface area contributed by atoms with E-state index >= 15 is 0 Å². The van der Waals surface area contributed by atoms with Gasteiger partial charge in [0.1, 0.15) is 0 Å². The van der Waals surface area contributed by atoms with Gasteiger partial charge in [-0.15, -0.1) is 0 Å². The number of nitrogens with zero attached hydrogens (tertiary/aromatic N) is 1. The number of nitrogens with one attached hydrogen (secondary N) is 2. The number of aliphatic imine (C=N–C) groups is 1. The van der Waals surface area contributed by atoms with Crippen LogP contribution in [0.2, 0.25) is 0 Å². The number of benzene rings is 3. The van der Waals surface area contributed by atoms with E-state index in [1.165, 1.54) is 16.7 Å². The zero-order valence-electron chi connectivity index (χ0n) is 17.5. The van der Waals surface area contributed by atoms with Crippen LogP contribution in [0.3, 0.4) is 0 Å². The monoisotopic (exact) mass is 393 g/mol. The van der Waals surface area contributed by atoms with E-state index in [9.17, 15) is 0 Å². The molecular weight excluding hydrogens is 366 g/mol. The molecule has 4 rings (SSSR count). The summed E-state index contributed by atoms with van der Waals surface area (Å²) in [6, 6.07) is 31.6. The Labute approximate surface area is 178 Å². The molecule has 0 amide bonds. The van der Waals surface area contributed by atoms with Gasteiger partial charge in [0.2, 0.25) is 0 Å². The van der Waals surface area contributed by atoms with Crippen molar-refractivity contribution in [1.29, 1.82) is 0 Å². The second kappa shape index (κ2) is 9.27. The average molecular weight is 394 g/mol. The van der Waals surface area contributed by atoms with Gasteiger partial charge in [-0.1, -0.05) is 66.7 Å². The molecule has 150 valence electrons. The third-order valence-electron chi connectivity index (χ3n) is 5.32. The van der Waals surface area contributed by atoms with E-state index in [0.29, 0.717) is 0 Å². The highest BCUT2D eigenvalue weighted by Gasteiger charge is 2.15. The molecule has 0 bridgehead atoms. The lowest BCUT2D eigenvalue weighted by Crippen LogP contribution is -2.15. The van der Waals surface area contributed by atoms with E-state index in [4.69, 9.17) is 0 Å². The van der Waals surface area contributed by atoms with Gasteiger partial charge >= 0.3 is 0 Å². The Morgan fingerprint density at radius 1 is 0.800 bits per heavy atom. The van der Waals surface area contributed by atoms with Gasteiger partial charge < -0.3 is 10.3 Å². The summed E-state index contributed by atoms with van der Waals surface area (Å²) in [7, 11) is 0. The van der Waals surface area contributed by atoms with Crippen LogP contribution in [-0.4, -0.2) is 11.2 Å². The molecule has 0 radical (unpaired) electrons. The summed E-state index contributed by atoms with van der Waals surface area (Å²) in [4.78, 5) is 8.21. The van der Waals surface area contributed by atoms with Crippen molar-refractivity contribution in [3.63, 3.8) is 0 Å². The molecule has 0 aliphatic heterocycles. The molecule has 1 unspecified atom stereocenters. The lowest BCUT2D eigenvalue weighted by Gasteiger charge is -2.20. The van der Waals surface area contributed by atoms with Crippen molar-refractivity contribution in [2.45, 2.75) is 26.3 Å². The normalized spacial score (nSPS) is 12.2. The summed E-state index contributed by atoms with van der Waals surface area (Å²) in [5.74, 6) is 0. The lowest BCUT2D eigenvalue weighted by atomic mass is 10.0. The molecule has 0 saturated heterocycles. The van der Waals surface area contributed by atoms with Crippen LogP contribution in [0.5, 0.6) is 0 Å². The van der Waals surface area contributed by atoms with Gasteiger partial charge in [0.05, 0.1) is 23.6 Å². The summed E-state index contributed by atoms with van der Waals surface area (Å²) in [6.07, 6.45) is 2.79. The fourth-order valence-corrected chi connectivity index (χ4v) is 3.57. The van der Waals surface area contributed by atoms with Crippen LogP contribution < -0.4 is 5.32 Å². The minimum Gasteiger partial charge on any atom is -0.376 e. The average Bonchev–Trinajstić information content (AvgIpc) is 3.24. The number of anilines is 1. The Balaban J connectivity index is 1.59. The van der Waals surface area contributed by atoms with Crippen LogP contribution in [0.15, 0.2) is 96.0 Å². The number of aromatic nitrogens is 1. The molecule has 2 N–H and O–H groups in total. The van der Waals surface area contributed by atoms with E-state index in [0.717, 1.165) is 29.2 Å². The molecule has 0 aliphatic rings. The van der Waals surface area contributed by atoms with E-state index in [1.807, 2.05) is 24.4 Å². The predicted octanol–water partition coefficient (Wildman–Crippen LogP) is 6.78. The molecule has 1 atom stereocenters. The number of para-hydroxylation sites is 2. The zero-order valence-corrected chi connectivity index (χ0v) is 17.5. The Morgan fingerprint density at radius 3 is 2.27 bits per heavy atom. The second-order valence-corrected chi connectivity index (χ2v) is 7.62. The topological polar surface area (TPSA) is 40.2 Å². The van der Waals surface area contributed by atoms with Gasteiger partial charge in [0.15, 0.2) is 0 Å². The molecule has 0 spiro atoms. The molecular formula is C27H27N3. The number of hydrogen-bond donors (Lipinski definition) is 2. The van der Waals surface area contributed by atoms with Crippen LogP contribution >= 0.6 is 0 Å². The Bertz CT molecular complexity index is 1130. The quantitative estimate of drug-likeness (QED) is 0.334. The van der Waals surface area contributed by atoms with Crippen LogP contribution in [0.25, 0.3) is 0 Å². The molecule has 3 nitrogen and oxygen atoms in total. The number of rotatable bonds is 7. The number of aromatic amines is 1. The van der Waals surface area contributed by atoms with Gasteiger partial charge in [-0.2, -0.15) is 0 Å². The molecule has 4 aromatic rings. The van der Waals surface area contributed by atoms with Gasteiger partial charge in [-0.25, -0.2) is 0 Å². The smallest absolute Gasteiger partial charge is 0.0703 e. The van der Waals surface area contributed by atoms with Crippen molar-refractivity contribution in [2.75, 3.05) is 5.32 Å². The summed E-state index contributed by atoms with van der Waals surface area (Å²) in [5, 5.41) is 3.73. The zero-order chi connectivity index (χ0) is 20.8. The van der Waals surface area contributed by atoms with Crippen molar-refractivity contribution in [3.05, 3.63) is 119 Å². The molecule has 0 aliphatic carbocycles. The Hall–Kier alpha value is -3.59. The molecule has 0 saturated carbocycles. The van der Waals surface area contributed by atoms with Gasteiger partial charge in [0, 0.05) is 11.4 Å². The maximum Gasteiger partial charge on any atom is 0.0703 e. The SMILES string of the molecule is Cc1ccccc1N=Cc1ccc(C(Cc2ccccc2)Nc2ccccc2C)[nH]1. The highest BCUT2D eigenvalue weighted by Crippen LogP contribution is 2.25. The summed E-state index contributed by atoms with van der Waals surface area (Å²) >= 11 is 0. The number of H-pyrrole nitrogens is 1. The number of aryl methyl sites for hydroxylation is 2. The standard InChI is InChI=1S/C27H27N3/c1-20-10-6-8-14-24(20)28-19-23-16-17-26(29-23)27(18-22-12-4-3-5-13-22)30-25-15-9-7-11-21(25)2/h3-17,19,27,29-30H,18H2,1-2H3. The molecule has 3 heteroatoms. The predicted molar refractivity (Wildman–Crippen MR) is 127 cm³/mol. The Kier molecular flexibility index (Phi) is 6.09. The van der Waals surface area contributed by atoms with Crippen molar-refractivity contribution in [3.8, 4) is 0 Å². The molecule has 0 fully saturated rings. The molecule has 30 heavy (non-hydrogen) atoms. The van der Waals surface area contributed by atoms with E-state index in [1.54, 1.807) is 0 Å². The fourth-order valence-electron chi connectivity index (χ4n) is 3.57. The minimum absolute atomic E-state index is 0.133. The number of hydrogen-bond acceptors (Lipinski definition) is 2. The van der Waals surface area contributed by atoms with E-state index in [-0.39, 0.29) is 6.04 Å².